The van der Waals surface area contributed by atoms with Crippen LogP contribution in [0.5, 0.6) is 0 Å². The van der Waals surface area contributed by atoms with Gasteiger partial charge in [-0.2, -0.15) is 0 Å². The van der Waals surface area contributed by atoms with Crippen LogP contribution in [-0.4, -0.2) is 53.5 Å². The summed E-state index contributed by atoms with van der Waals surface area (Å²) in [5.41, 5.74) is -1.29. The summed E-state index contributed by atoms with van der Waals surface area (Å²) in [6.45, 7) is 0.519. The molecular weight excluding hydrogens is 285 g/mol. The number of nitrogens with zero attached hydrogens (tertiary/aromatic N) is 3. The number of halogens is 1. The van der Waals surface area contributed by atoms with E-state index in [4.69, 9.17) is 5.11 Å². The van der Waals surface area contributed by atoms with E-state index in [-0.39, 0.29) is 18.1 Å². The van der Waals surface area contributed by atoms with E-state index in [0.29, 0.717) is 19.2 Å². The quantitative estimate of drug-likeness (QED) is 0.651. The van der Waals surface area contributed by atoms with Crippen molar-refractivity contribution in [1.29, 1.82) is 0 Å². The highest BCUT2D eigenvalue weighted by atomic mass is 19.1. The molecule has 2 rings (SSSR count). The molecule has 1 saturated heterocycles. The Labute approximate surface area is 118 Å². The van der Waals surface area contributed by atoms with Gasteiger partial charge in [0.1, 0.15) is 11.5 Å². The third-order valence-electron chi connectivity index (χ3n) is 3.29. The highest BCUT2D eigenvalue weighted by molar-refractivity contribution is 5.91. The van der Waals surface area contributed by atoms with Crippen molar-refractivity contribution in [3.63, 3.8) is 0 Å². The molecular formula is C12H12FN3O5. The van der Waals surface area contributed by atoms with Gasteiger partial charge in [0.15, 0.2) is 0 Å². The first-order valence-electron chi connectivity index (χ1n) is 6.01. The largest absolute Gasteiger partial charge is 0.478 e. The van der Waals surface area contributed by atoms with E-state index in [2.05, 4.69) is 0 Å². The topological polar surface area (TPSA) is 104 Å². The van der Waals surface area contributed by atoms with Crippen molar-refractivity contribution in [1.82, 2.24) is 4.90 Å². The van der Waals surface area contributed by atoms with Gasteiger partial charge in [-0.3, -0.25) is 14.9 Å². The molecule has 1 aliphatic heterocycles. The van der Waals surface area contributed by atoms with Crippen LogP contribution in [0, 0.1) is 15.9 Å². The van der Waals surface area contributed by atoms with Crippen LogP contribution in [0.2, 0.25) is 0 Å². The Bertz CT molecular complexity index is 634. The number of hydrogen-bond acceptors (Lipinski definition) is 5. The average Bonchev–Trinajstić information content (AvgIpc) is 2.41. The number of carboxylic acids is 1. The van der Waals surface area contributed by atoms with Gasteiger partial charge in [0, 0.05) is 20.1 Å². The van der Waals surface area contributed by atoms with Gasteiger partial charge in [0.05, 0.1) is 23.1 Å². The molecule has 0 spiro atoms. The predicted octanol–water partition coefficient (Wildman–Crippen LogP) is 0.710. The van der Waals surface area contributed by atoms with E-state index >= 15 is 0 Å². The Morgan fingerprint density at radius 3 is 2.62 bits per heavy atom. The normalized spacial score (nSPS) is 15.2. The number of piperazine rings is 1. The first kappa shape index (κ1) is 14.7. The molecule has 0 atom stereocenters. The molecule has 112 valence electrons. The fourth-order valence-electron chi connectivity index (χ4n) is 2.08. The molecule has 1 aromatic carbocycles. The summed E-state index contributed by atoms with van der Waals surface area (Å²) >= 11 is 0. The second-order valence-electron chi connectivity index (χ2n) is 4.62. The number of rotatable bonds is 3. The predicted molar refractivity (Wildman–Crippen MR) is 69.9 cm³/mol. The van der Waals surface area contributed by atoms with Gasteiger partial charge in [0.25, 0.3) is 5.69 Å². The first-order chi connectivity index (χ1) is 9.81. The second-order valence-corrected chi connectivity index (χ2v) is 4.62. The average molecular weight is 297 g/mol. The Morgan fingerprint density at radius 1 is 1.43 bits per heavy atom. The third kappa shape index (κ3) is 2.76. The van der Waals surface area contributed by atoms with Crippen molar-refractivity contribution in [3.8, 4) is 0 Å². The van der Waals surface area contributed by atoms with Crippen molar-refractivity contribution in [2.45, 2.75) is 0 Å². The molecule has 0 bridgehead atoms. The smallest absolute Gasteiger partial charge is 0.338 e. The van der Waals surface area contributed by atoms with Crippen LogP contribution in [0.3, 0.4) is 0 Å². The highest BCUT2D eigenvalue weighted by Crippen LogP contribution is 2.32. The SMILES string of the molecule is CN1CCN(c2cc(C(=O)O)c(F)cc2[N+](=O)[O-])CC1=O. The molecule has 21 heavy (non-hydrogen) atoms. The molecule has 9 heteroatoms. The number of anilines is 1. The summed E-state index contributed by atoms with van der Waals surface area (Å²) < 4.78 is 13.6. The highest BCUT2D eigenvalue weighted by Gasteiger charge is 2.29. The van der Waals surface area contributed by atoms with Crippen molar-refractivity contribution >= 4 is 23.3 Å². The summed E-state index contributed by atoms with van der Waals surface area (Å²) in [7, 11) is 1.60. The maximum atomic E-state index is 13.6. The number of benzene rings is 1. The molecule has 1 heterocycles. The lowest BCUT2D eigenvalue weighted by Crippen LogP contribution is -2.48. The van der Waals surface area contributed by atoms with Gasteiger partial charge in [-0.1, -0.05) is 0 Å². The van der Waals surface area contributed by atoms with Crippen molar-refractivity contribution in [2.75, 3.05) is 31.6 Å². The Morgan fingerprint density at radius 2 is 2.10 bits per heavy atom. The van der Waals surface area contributed by atoms with Crippen LogP contribution >= 0.6 is 0 Å². The van der Waals surface area contributed by atoms with Crippen LogP contribution in [0.15, 0.2) is 12.1 Å². The standard InChI is InChI=1S/C12H12FN3O5/c1-14-2-3-15(6-11(14)17)9-4-7(12(18)19)8(13)5-10(9)16(20)21/h4-5H,2-3,6H2,1H3,(H,18,19). The minimum absolute atomic E-state index is 0.0692. The van der Waals surface area contributed by atoms with Crippen molar-refractivity contribution < 1.29 is 24.0 Å². The molecule has 1 amide bonds. The lowest BCUT2D eigenvalue weighted by molar-refractivity contribution is -0.384. The van der Waals surface area contributed by atoms with Gasteiger partial charge in [-0.15, -0.1) is 0 Å². The van der Waals surface area contributed by atoms with Gasteiger partial charge < -0.3 is 14.9 Å². The molecule has 1 aliphatic rings. The van der Waals surface area contributed by atoms with Crippen LogP contribution in [0.4, 0.5) is 15.8 Å². The summed E-state index contributed by atoms with van der Waals surface area (Å²) in [6, 6.07) is 1.47. The van der Waals surface area contributed by atoms with E-state index < -0.39 is 28.0 Å². The van der Waals surface area contributed by atoms with Crippen LogP contribution in [0.1, 0.15) is 10.4 Å². The number of aromatic carboxylic acids is 1. The molecule has 0 aliphatic carbocycles. The maximum Gasteiger partial charge on any atom is 0.338 e. The summed E-state index contributed by atoms with van der Waals surface area (Å²) in [5, 5.41) is 19.9. The number of amides is 1. The summed E-state index contributed by atoms with van der Waals surface area (Å²) in [5.74, 6) is -2.96. The Kier molecular flexibility index (Phi) is 3.74. The van der Waals surface area contributed by atoms with Crippen molar-refractivity contribution in [2.24, 2.45) is 0 Å². The number of carboxylic acid groups (broad SMARTS) is 1. The van der Waals surface area contributed by atoms with Crippen LogP contribution < -0.4 is 4.90 Å². The summed E-state index contributed by atoms with van der Waals surface area (Å²) in [4.78, 5) is 35.7. The second kappa shape index (κ2) is 5.35. The fraction of sp³-hybridized carbons (Fsp3) is 0.333. The molecule has 1 N–H and O–H groups in total. The van der Waals surface area contributed by atoms with Gasteiger partial charge >= 0.3 is 5.97 Å². The zero-order valence-corrected chi connectivity index (χ0v) is 11.1. The van der Waals surface area contributed by atoms with E-state index in [9.17, 15) is 24.1 Å². The van der Waals surface area contributed by atoms with Gasteiger partial charge in [-0.25, -0.2) is 9.18 Å². The number of carbonyl (C=O) groups is 2. The minimum atomic E-state index is -1.52. The minimum Gasteiger partial charge on any atom is -0.478 e. The lowest BCUT2D eigenvalue weighted by atomic mass is 10.1. The van der Waals surface area contributed by atoms with E-state index in [1.807, 2.05) is 0 Å². The lowest BCUT2D eigenvalue weighted by Gasteiger charge is -2.33. The van der Waals surface area contributed by atoms with E-state index in [1.54, 1.807) is 7.05 Å². The molecule has 0 aromatic heterocycles. The number of carbonyl (C=O) groups excluding carboxylic acids is 1. The zero-order chi connectivity index (χ0) is 15.7. The maximum absolute atomic E-state index is 13.6. The number of hydrogen-bond donors (Lipinski definition) is 1. The molecule has 8 nitrogen and oxygen atoms in total. The number of likely N-dealkylation sites (N-methyl/N-ethyl adjacent to an activating group) is 1. The van der Waals surface area contributed by atoms with Crippen LogP contribution in [0.25, 0.3) is 0 Å². The Balaban J connectivity index is 2.50. The van der Waals surface area contributed by atoms with Gasteiger partial charge in [0.2, 0.25) is 5.91 Å². The van der Waals surface area contributed by atoms with E-state index in [1.165, 1.54) is 9.80 Å². The van der Waals surface area contributed by atoms with Gasteiger partial charge in [-0.05, 0) is 6.07 Å². The number of nitro groups is 1. The third-order valence-corrected chi connectivity index (χ3v) is 3.29. The molecule has 1 fully saturated rings. The molecule has 1 aromatic rings. The first-order valence-corrected chi connectivity index (χ1v) is 6.01. The van der Waals surface area contributed by atoms with Crippen LogP contribution in [-0.2, 0) is 4.79 Å². The molecule has 0 saturated carbocycles. The number of nitro benzene ring substituents is 1. The molecule has 0 unspecified atom stereocenters. The van der Waals surface area contributed by atoms with E-state index in [0.717, 1.165) is 6.07 Å². The zero-order valence-electron chi connectivity index (χ0n) is 11.1. The summed E-state index contributed by atoms with van der Waals surface area (Å²) in [6.07, 6.45) is 0. The van der Waals surface area contributed by atoms with Crippen molar-refractivity contribution in [3.05, 3.63) is 33.6 Å². The Hall–Kier alpha value is -2.71. The molecule has 0 radical (unpaired) electrons. The fourth-order valence-corrected chi connectivity index (χ4v) is 2.08. The monoisotopic (exact) mass is 297 g/mol.